The Labute approximate surface area is 108 Å². The van der Waals surface area contributed by atoms with Gasteiger partial charge in [0.05, 0.1) is 5.69 Å². The molecule has 0 spiro atoms. The molecule has 2 unspecified atom stereocenters. The zero-order valence-electron chi connectivity index (χ0n) is 11.4. The fraction of sp³-hybridized carbons (Fsp3) is 0.692. The van der Waals surface area contributed by atoms with E-state index in [4.69, 9.17) is 5.73 Å². The molecule has 0 aliphatic carbocycles. The molecular weight excluding hydrogens is 228 g/mol. The largest absolute Gasteiger partial charge is 0.337 e. The Balaban J connectivity index is 2.12. The average Bonchev–Trinajstić information content (AvgIpc) is 2.94. The van der Waals surface area contributed by atoms with E-state index in [1.807, 2.05) is 31.7 Å². The van der Waals surface area contributed by atoms with Crippen molar-refractivity contribution in [2.75, 3.05) is 13.1 Å². The van der Waals surface area contributed by atoms with Crippen LogP contribution >= 0.6 is 0 Å². The molecule has 0 bridgehead atoms. The highest BCUT2D eigenvalue weighted by molar-refractivity contribution is 5.92. The van der Waals surface area contributed by atoms with Gasteiger partial charge in [0, 0.05) is 25.7 Å². The molecule has 2 atom stereocenters. The van der Waals surface area contributed by atoms with Crippen molar-refractivity contribution in [1.82, 2.24) is 14.7 Å². The Hall–Kier alpha value is -1.36. The fourth-order valence-corrected chi connectivity index (χ4v) is 2.52. The number of aromatic nitrogens is 2. The summed E-state index contributed by atoms with van der Waals surface area (Å²) < 4.78 is 1.77. The van der Waals surface area contributed by atoms with Crippen LogP contribution in [0, 0.1) is 12.8 Å². The van der Waals surface area contributed by atoms with Gasteiger partial charge < -0.3 is 10.6 Å². The van der Waals surface area contributed by atoms with Gasteiger partial charge in [-0.2, -0.15) is 5.10 Å². The molecule has 18 heavy (non-hydrogen) atoms. The highest BCUT2D eigenvalue weighted by Crippen LogP contribution is 2.21. The highest BCUT2D eigenvalue weighted by atomic mass is 16.2. The molecule has 5 heteroatoms. The van der Waals surface area contributed by atoms with Crippen LogP contribution in [0.1, 0.15) is 36.5 Å². The molecule has 1 amide bonds. The second kappa shape index (κ2) is 5.10. The predicted molar refractivity (Wildman–Crippen MR) is 70.3 cm³/mol. The summed E-state index contributed by atoms with van der Waals surface area (Å²) >= 11 is 0. The van der Waals surface area contributed by atoms with E-state index in [1.54, 1.807) is 4.68 Å². The van der Waals surface area contributed by atoms with Gasteiger partial charge in [-0.25, -0.2) is 0 Å². The first-order chi connectivity index (χ1) is 8.52. The summed E-state index contributed by atoms with van der Waals surface area (Å²) in [5, 5.41) is 4.32. The lowest BCUT2D eigenvalue weighted by Gasteiger charge is -2.18. The Morgan fingerprint density at radius 1 is 1.67 bits per heavy atom. The topological polar surface area (TPSA) is 64.2 Å². The molecular formula is C13H22N4O. The van der Waals surface area contributed by atoms with Gasteiger partial charge in [0.25, 0.3) is 5.91 Å². The SMILES string of the molecule is CCn1nc(C)cc1C(=O)N1CCC(C(C)N)C1. The van der Waals surface area contributed by atoms with E-state index in [2.05, 4.69) is 5.10 Å². The molecule has 1 aromatic rings. The third kappa shape index (κ3) is 2.41. The fourth-order valence-electron chi connectivity index (χ4n) is 2.52. The van der Waals surface area contributed by atoms with Crippen LogP contribution in [0.2, 0.25) is 0 Å². The number of nitrogens with two attached hydrogens (primary N) is 1. The molecule has 1 saturated heterocycles. The van der Waals surface area contributed by atoms with Crippen molar-refractivity contribution in [3.05, 3.63) is 17.5 Å². The van der Waals surface area contributed by atoms with Gasteiger partial charge >= 0.3 is 0 Å². The van der Waals surface area contributed by atoms with Gasteiger partial charge in [-0.05, 0) is 39.2 Å². The first-order valence-electron chi connectivity index (χ1n) is 6.62. The van der Waals surface area contributed by atoms with Crippen molar-refractivity contribution in [3.8, 4) is 0 Å². The third-order valence-corrected chi connectivity index (χ3v) is 3.68. The van der Waals surface area contributed by atoms with Crippen LogP contribution in [0.4, 0.5) is 0 Å². The molecule has 2 rings (SSSR count). The number of hydrogen-bond donors (Lipinski definition) is 1. The molecule has 1 fully saturated rings. The molecule has 100 valence electrons. The smallest absolute Gasteiger partial charge is 0.272 e. The Bertz CT molecular complexity index is 438. The number of nitrogens with zero attached hydrogens (tertiary/aromatic N) is 3. The minimum absolute atomic E-state index is 0.0839. The molecule has 2 N–H and O–H groups in total. The third-order valence-electron chi connectivity index (χ3n) is 3.68. The van der Waals surface area contributed by atoms with Crippen molar-refractivity contribution in [2.24, 2.45) is 11.7 Å². The van der Waals surface area contributed by atoms with Crippen LogP contribution in [0.25, 0.3) is 0 Å². The molecule has 1 aliphatic heterocycles. The lowest BCUT2D eigenvalue weighted by molar-refractivity contribution is 0.0773. The molecule has 2 heterocycles. The molecule has 1 aromatic heterocycles. The van der Waals surface area contributed by atoms with Crippen LogP contribution in [-0.4, -0.2) is 39.7 Å². The van der Waals surface area contributed by atoms with Crippen LogP contribution in [0.3, 0.4) is 0 Å². The van der Waals surface area contributed by atoms with E-state index in [0.717, 1.165) is 31.7 Å². The summed E-state index contributed by atoms with van der Waals surface area (Å²) in [4.78, 5) is 14.3. The quantitative estimate of drug-likeness (QED) is 0.871. The number of amides is 1. The van der Waals surface area contributed by atoms with Crippen LogP contribution < -0.4 is 5.73 Å². The summed E-state index contributed by atoms with van der Waals surface area (Å²) in [5.74, 6) is 0.508. The van der Waals surface area contributed by atoms with Crippen molar-refractivity contribution in [3.63, 3.8) is 0 Å². The lowest BCUT2D eigenvalue weighted by Crippen LogP contribution is -2.34. The van der Waals surface area contributed by atoms with E-state index in [1.165, 1.54) is 0 Å². The van der Waals surface area contributed by atoms with E-state index in [-0.39, 0.29) is 11.9 Å². The minimum atomic E-state index is 0.0839. The van der Waals surface area contributed by atoms with Crippen LogP contribution in [0.5, 0.6) is 0 Å². The summed E-state index contributed by atoms with van der Waals surface area (Å²) in [7, 11) is 0. The van der Waals surface area contributed by atoms with Gasteiger partial charge in [0.15, 0.2) is 0 Å². The van der Waals surface area contributed by atoms with Gasteiger partial charge in [0.2, 0.25) is 0 Å². The Morgan fingerprint density at radius 3 is 2.94 bits per heavy atom. The number of aryl methyl sites for hydroxylation is 2. The van der Waals surface area contributed by atoms with Crippen LogP contribution in [-0.2, 0) is 6.54 Å². The first-order valence-corrected chi connectivity index (χ1v) is 6.62. The van der Waals surface area contributed by atoms with Crippen LogP contribution in [0.15, 0.2) is 6.07 Å². The number of carbonyl (C=O) groups is 1. The van der Waals surface area contributed by atoms with Crippen molar-refractivity contribution < 1.29 is 4.79 Å². The van der Waals surface area contributed by atoms with E-state index in [9.17, 15) is 4.79 Å². The second-order valence-electron chi connectivity index (χ2n) is 5.15. The maximum Gasteiger partial charge on any atom is 0.272 e. The van der Waals surface area contributed by atoms with Crippen molar-refractivity contribution >= 4 is 5.91 Å². The average molecular weight is 250 g/mol. The summed E-state index contributed by atoms with van der Waals surface area (Å²) in [6.45, 7) is 8.22. The van der Waals surface area contributed by atoms with Gasteiger partial charge in [-0.15, -0.1) is 0 Å². The molecule has 0 saturated carbocycles. The minimum Gasteiger partial charge on any atom is -0.337 e. The van der Waals surface area contributed by atoms with Crippen molar-refractivity contribution in [1.29, 1.82) is 0 Å². The van der Waals surface area contributed by atoms with Gasteiger partial charge in [0.1, 0.15) is 5.69 Å². The Kier molecular flexibility index (Phi) is 3.71. The highest BCUT2D eigenvalue weighted by Gasteiger charge is 2.30. The standard InChI is InChI=1S/C13H22N4O/c1-4-17-12(7-9(2)15-17)13(18)16-6-5-11(8-16)10(3)14/h7,10-11H,4-6,8,14H2,1-3H3. The zero-order valence-corrected chi connectivity index (χ0v) is 11.4. The van der Waals surface area contributed by atoms with E-state index in [0.29, 0.717) is 11.6 Å². The predicted octanol–water partition coefficient (Wildman–Crippen LogP) is 1.02. The lowest BCUT2D eigenvalue weighted by atomic mass is 10.0. The summed E-state index contributed by atoms with van der Waals surface area (Å²) in [5.41, 5.74) is 7.49. The monoisotopic (exact) mass is 250 g/mol. The number of likely N-dealkylation sites (tertiary alicyclic amines) is 1. The maximum atomic E-state index is 12.4. The summed E-state index contributed by atoms with van der Waals surface area (Å²) in [6.07, 6.45) is 1.00. The zero-order chi connectivity index (χ0) is 13.3. The number of hydrogen-bond acceptors (Lipinski definition) is 3. The molecule has 0 aromatic carbocycles. The number of rotatable bonds is 3. The number of carbonyl (C=O) groups excluding carboxylic acids is 1. The summed E-state index contributed by atoms with van der Waals surface area (Å²) in [6, 6.07) is 2.02. The Morgan fingerprint density at radius 2 is 2.39 bits per heavy atom. The van der Waals surface area contributed by atoms with Crippen molar-refractivity contribution in [2.45, 2.75) is 39.8 Å². The van der Waals surface area contributed by atoms with E-state index < -0.39 is 0 Å². The molecule has 5 nitrogen and oxygen atoms in total. The van der Waals surface area contributed by atoms with E-state index >= 15 is 0 Å². The first kappa shape index (κ1) is 13.1. The van der Waals surface area contributed by atoms with Gasteiger partial charge in [-0.1, -0.05) is 0 Å². The molecule has 1 aliphatic rings. The normalized spacial score (nSPS) is 21.3. The second-order valence-corrected chi connectivity index (χ2v) is 5.15. The molecule has 0 radical (unpaired) electrons. The maximum absolute atomic E-state index is 12.4. The van der Waals surface area contributed by atoms with Gasteiger partial charge in [-0.3, -0.25) is 9.48 Å².